The molecule has 0 spiro atoms. The first-order chi connectivity index (χ1) is 12.5. The summed E-state index contributed by atoms with van der Waals surface area (Å²) >= 11 is 0. The largest absolute Gasteiger partial charge is 0.354 e. The molecule has 2 aromatic carbocycles. The number of benzene rings is 2. The van der Waals surface area contributed by atoms with E-state index in [4.69, 9.17) is 5.73 Å². The van der Waals surface area contributed by atoms with Crippen molar-refractivity contribution in [1.29, 1.82) is 0 Å². The minimum Gasteiger partial charge on any atom is -0.354 e. The Labute approximate surface area is 155 Å². The first kappa shape index (κ1) is 19.7. The summed E-state index contributed by atoms with van der Waals surface area (Å²) in [5.41, 5.74) is 8.04. The van der Waals surface area contributed by atoms with E-state index >= 15 is 0 Å². The molecule has 5 heteroatoms. The predicted octanol–water partition coefficient (Wildman–Crippen LogP) is 2.03. The van der Waals surface area contributed by atoms with Gasteiger partial charge in [0.2, 0.25) is 11.8 Å². The second-order valence-corrected chi connectivity index (χ2v) is 6.67. The van der Waals surface area contributed by atoms with Crippen molar-refractivity contribution < 1.29 is 9.59 Å². The molecule has 0 bridgehead atoms. The Balaban J connectivity index is 1.95. The number of rotatable bonds is 8. The minimum atomic E-state index is -0.607. The van der Waals surface area contributed by atoms with Gasteiger partial charge in [0.25, 0.3) is 0 Å². The van der Waals surface area contributed by atoms with Gasteiger partial charge in [0.1, 0.15) is 0 Å². The Morgan fingerprint density at radius 1 is 0.885 bits per heavy atom. The number of hydrogen-bond donors (Lipinski definition) is 3. The van der Waals surface area contributed by atoms with Gasteiger partial charge < -0.3 is 16.4 Å². The molecule has 4 N–H and O–H groups in total. The molecule has 0 aliphatic rings. The summed E-state index contributed by atoms with van der Waals surface area (Å²) in [6.07, 6.45) is 0. The van der Waals surface area contributed by atoms with E-state index < -0.39 is 6.04 Å². The van der Waals surface area contributed by atoms with Crippen molar-refractivity contribution in [2.45, 2.75) is 25.8 Å². The van der Waals surface area contributed by atoms with E-state index in [1.165, 1.54) is 0 Å². The van der Waals surface area contributed by atoms with Crippen LogP contribution in [-0.4, -0.2) is 30.9 Å². The third-order valence-electron chi connectivity index (χ3n) is 4.35. The summed E-state index contributed by atoms with van der Waals surface area (Å²) in [6, 6.07) is 19.5. The quantitative estimate of drug-likeness (QED) is 0.679. The lowest BCUT2D eigenvalue weighted by atomic mass is 9.91. The summed E-state index contributed by atoms with van der Waals surface area (Å²) in [4.78, 5) is 24.0. The van der Waals surface area contributed by atoms with Gasteiger partial charge in [-0.05, 0) is 17.0 Å². The van der Waals surface area contributed by atoms with Gasteiger partial charge in [0.15, 0.2) is 0 Å². The van der Waals surface area contributed by atoms with Crippen LogP contribution in [0.25, 0.3) is 0 Å². The van der Waals surface area contributed by atoms with Crippen molar-refractivity contribution >= 4 is 11.8 Å². The fourth-order valence-corrected chi connectivity index (χ4v) is 2.67. The zero-order valence-electron chi connectivity index (χ0n) is 15.3. The SMILES string of the molecule is CC(C)[C@H](N)C(=O)NCC(=O)NCC(c1ccccc1)c1ccccc1. The summed E-state index contributed by atoms with van der Waals surface area (Å²) in [5, 5.41) is 5.50. The molecule has 2 rings (SSSR count). The van der Waals surface area contributed by atoms with Gasteiger partial charge in [-0.2, -0.15) is 0 Å². The Kier molecular flexibility index (Phi) is 7.36. The number of amides is 2. The molecule has 0 fully saturated rings. The molecule has 0 radical (unpaired) electrons. The molecule has 0 saturated carbocycles. The third-order valence-corrected chi connectivity index (χ3v) is 4.35. The van der Waals surface area contributed by atoms with E-state index in [9.17, 15) is 9.59 Å². The maximum atomic E-state index is 12.1. The molecule has 0 aliphatic heterocycles. The zero-order valence-corrected chi connectivity index (χ0v) is 15.3. The fourth-order valence-electron chi connectivity index (χ4n) is 2.67. The highest BCUT2D eigenvalue weighted by Gasteiger charge is 2.18. The van der Waals surface area contributed by atoms with Crippen LogP contribution in [0.3, 0.4) is 0 Å². The Hall–Kier alpha value is -2.66. The highest BCUT2D eigenvalue weighted by molar-refractivity contribution is 5.87. The minimum absolute atomic E-state index is 0.0265. The molecule has 0 saturated heterocycles. The summed E-state index contributed by atoms with van der Waals surface area (Å²) in [5.74, 6) is -0.461. The third kappa shape index (κ3) is 5.70. The van der Waals surface area contributed by atoms with Crippen LogP contribution in [0.5, 0.6) is 0 Å². The average Bonchev–Trinajstić information content (AvgIpc) is 2.67. The molecular weight excluding hydrogens is 326 g/mol. The molecule has 0 aliphatic carbocycles. The van der Waals surface area contributed by atoms with Crippen molar-refractivity contribution in [1.82, 2.24) is 10.6 Å². The summed E-state index contributed by atoms with van der Waals surface area (Å²) < 4.78 is 0. The number of hydrogen-bond acceptors (Lipinski definition) is 3. The van der Waals surface area contributed by atoms with E-state index in [2.05, 4.69) is 10.6 Å². The van der Waals surface area contributed by atoms with Crippen molar-refractivity contribution in [3.05, 3.63) is 71.8 Å². The van der Waals surface area contributed by atoms with Crippen LogP contribution >= 0.6 is 0 Å². The molecular formula is C21H27N3O2. The summed E-state index contributed by atoms with van der Waals surface area (Å²) in [7, 11) is 0. The fraction of sp³-hybridized carbons (Fsp3) is 0.333. The van der Waals surface area contributed by atoms with E-state index in [1.807, 2.05) is 74.5 Å². The lowest BCUT2D eigenvalue weighted by Gasteiger charge is -2.19. The molecule has 2 aromatic rings. The lowest BCUT2D eigenvalue weighted by Crippen LogP contribution is -2.47. The number of carbonyl (C=O) groups excluding carboxylic acids is 2. The van der Waals surface area contributed by atoms with E-state index in [0.717, 1.165) is 11.1 Å². The normalized spacial score (nSPS) is 12.0. The standard InChI is InChI=1S/C21H27N3O2/c1-15(2)20(22)21(26)24-14-19(25)23-13-18(16-9-5-3-6-10-16)17-11-7-4-8-12-17/h3-12,15,18,20H,13-14,22H2,1-2H3,(H,23,25)(H,24,26)/t20-/m0/s1. The molecule has 1 atom stereocenters. The van der Waals surface area contributed by atoms with Gasteiger partial charge in [0.05, 0.1) is 12.6 Å². The zero-order chi connectivity index (χ0) is 18.9. The summed E-state index contributed by atoms with van der Waals surface area (Å²) in [6.45, 7) is 4.12. The molecule has 0 aromatic heterocycles. The monoisotopic (exact) mass is 353 g/mol. The van der Waals surface area contributed by atoms with E-state index in [1.54, 1.807) is 0 Å². The van der Waals surface area contributed by atoms with Crippen molar-refractivity contribution in [2.75, 3.05) is 13.1 Å². The van der Waals surface area contributed by atoms with Gasteiger partial charge in [-0.25, -0.2) is 0 Å². The highest BCUT2D eigenvalue weighted by Crippen LogP contribution is 2.23. The maximum Gasteiger partial charge on any atom is 0.239 e. The van der Waals surface area contributed by atoms with Crippen molar-refractivity contribution in [3.8, 4) is 0 Å². The number of nitrogens with two attached hydrogens (primary N) is 1. The first-order valence-electron chi connectivity index (χ1n) is 8.89. The van der Waals surface area contributed by atoms with Crippen LogP contribution in [0.4, 0.5) is 0 Å². The number of nitrogens with one attached hydrogen (secondary N) is 2. The average molecular weight is 353 g/mol. The Morgan fingerprint density at radius 3 is 1.85 bits per heavy atom. The highest BCUT2D eigenvalue weighted by atomic mass is 16.2. The molecule has 0 heterocycles. The van der Waals surface area contributed by atoms with E-state index in [0.29, 0.717) is 6.54 Å². The van der Waals surface area contributed by atoms with Crippen molar-refractivity contribution in [3.63, 3.8) is 0 Å². The molecule has 2 amide bonds. The second kappa shape index (κ2) is 9.73. The molecule has 26 heavy (non-hydrogen) atoms. The van der Waals surface area contributed by atoms with Crippen LogP contribution < -0.4 is 16.4 Å². The molecule has 5 nitrogen and oxygen atoms in total. The van der Waals surface area contributed by atoms with Crippen LogP contribution in [0.2, 0.25) is 0 Å². The van der Waals surface area contributed by atoms with Crippen molar-refractivity contribution in [2.24, 2.45) is 11.7 Å². The second-order valence-electron chi connectivity index (χ2n) is 6.67. The Morgan fingerprint density at radius 2 is 1.38 bits per heavy atom. The van der Waals surface area contributed by atoms with Crippen LogP contribution in [0, 0.1) is 5.92 Å². The van der Waals surface area contributed by atoms with Gasteiger partial charge in [-0.1, -0.05) is 74.5 Å². The van der Waals surface area contributed by atoms with Crippen LogP contribution in [-0.2, 0) is 9.59 Å². The lowest BCUT2D eigenvalue weighted by molar-refractivity contribution is -0.127. The predicted molar refractivity (Wildman–Crippen MR) is 104 cm³/mol. The van der Waals surface area contributed by atoms with Gasteiger partial charge >= 0.3 is 0 Å². The van der Waals surface area contributed by atoms with Gasteiger partial charge in [-0.15, -0.1) is 0 Å². The smallest absolute Gasteiger partial charge is 0.239 e. The van der Waals surface area contributed by atoms with Crippen LogP contribution in [0.15, 0.2) is 60.7 Å². The van der Waals surface area contributed by atoms with Gasteiger partial charge in [0, 0.05) is 12.5 Å². The number of carbonyl (C=O) groups is 2. The molecule has 0 unspecified atom stereocenters. The Bertz CT molecular complexity index is 662. The van der Waals surface area contributed by atoms with Gasteiger partial charge in [-0.3, -0.25) is 9.59 Å². The van der Waals surface area contributed by atoms with Crippen LogP contribution in [0.1, 0.15) is 30.9 Å². The maximum absolute atomic E-state index is 12.1. The first-order valence-corrected chi connectivity index (χ1v) is 8.89. The topological polar surface area (TPSA) is 84.2 Å². The molecule has 138 valence electrons. The van der Waals surface area contributed by atoms with E-state index in [-0.39, 0.29) is 30.2 Å².